The zero-order chi connectivity index (χ0) is 12.6. The van der Waals surface area contributed by atoms with E-state index in [9.17, 15) is 4.79 Å². The van der Waals surface area contributed by atoms with Gasteiger partial charge in [0, 0.05) is 23.8 Å². The Morgan fingerprint density at radius 3 is 2.88 bits per heavy atom. The predicted molar refractivity (Wildman–Crippen MR) is 70.6 cm³/mol. The van der Waals surface area contributed by atoms with Gasteiger partial charge in [-0.15, -0.1) is 0 Å². The quantitative estimate of drug-likeness (QED) is 0.931. The van der Waals surface area contributed by atoms with Crippen LogP contribution in [0.15, 0.2) is 16.7 Å². The van der Waals surface area contributed by atoms with Crippen LogP contribution < -0.4 is 5.73 Å². The molecule has 92 valence electrons. The summed E-state index contributed by atoms with van der Waals surface area (Å²) in [6, 6.07) is 1.99. The van der Waals surface area contributed by atoms with Crippen LogP contribution >= 0.6 is 15.9 Å². The second-order valence-electron chi connectivity index (χ2n) is 4.58. The molecule has 1 amide bonds. The minimum Gasteiger partial charge on any atom is -0.383 e. The normalized spacial score (nSPS) is 16.6. The van der Waals surface area contributed by atoms with Crippen LogP contribution in [0.4, 0.5) is 5.82 Å². The van der Waals surface area contributed by atoms with Crippen molar-refractivity contribution in [2.75, 3.05) is 12.8 Å². The lowest BCUT2D eigenvalue weighted by Crippen LogP contribution is -2.36. The SMILES string of the molecule is CC(C1CC1)N(C)C(=O)c1cc(Br)cnc1N. The molecule has 1 fully saturated rings. The molecule has 0 bridgehead atoms. The predicted octanol–water partition coefficient (Wildman–Crippen LogP) is 2.30. The Morgan fingerprint density at radius 2 is 2.29 bits per heavy atom. The number of amides is 1. The van der Waals surface area contributed by atoms with Gasteiger partial charge in [0.05, 0.1) is 5.56 Å². The summed E-state index contributed by atoms with van der Waals surface area (Å²) >= 11 is 3.30. The van der Waals surface area contributed by atoms with E-state index in [4.69, 9.17) is 5.73 Å². The van der Waals surface area contributed by atoms with E-state index in [1.807, 2.05) is 7.05 Å². The highest BCUT2D eigenvalue weighted by Crippen LogP contribution is 2.35. The standard InChI is InChI=1S/C12H16BrN3O/c1-7(8-3-4-8)16(2)12(17)10-5-9(13)6-15-11(10)14/h5-8H,3-4H2,1-2H3,(H2,14,15). The maximum atomic E-state index is 12.3. The molecular formula is C12H16BrN3O. The number of halogens is 1. The van der Waals surface area contributed by atoms with Crippen LogP contribution in [0.2, 0.25) is 0 Å². The number of nitrogens with two attached hydrogens (primary N) is 1. The van der Waals surface area contributed by atoms with Crippen LogP contribution in [0.25, 0.3) is 0 Å². The Labute approximate surface area is 109 Å². The number of pyridine rings is 1. The summed E-state index contributed by atoms with van der Waals surface area (Å²) in [6.07, 6.45) is 4.02. The monoisotopic (exact) mass is 297 g/mol. The lowest BCUT2D eigenvalue weighted by atomic mass is 10.1. The van der Waals surface area contributed by atoms with E-state index in [-0.39, 0.29) is 17.8 Å². The molecule has 1 aliphatic carbocycles. The molecule has 5 heteroatoms. The second kappa shape index (κ2) is 4.64. The fourth-order valence-corrected chi connectivity index (χ4v) is 2.22. The number of nitrogen functional groups attached to an aromatic ring is 1. The molecule has 1 aromatic rings. The highest BCUT2D eigenvalue weighted by Gasteiger charge is 2.33. The first kappa shape index (κ1) is 12.4. The topological polar surface area (TPSA) is 59.2 Å². The molecule has 1 unspecified atom stereocenters. The number of hydrogen-bond donors (Lipinski definition) is 1. The zero-order valence-electron chi connectivity index (χ0n) is 9.98. The average Bonchev–Trinajstić information content (AvgIpc) is 3.13. The van der Waals surface area contributed by atoms with Gasteiger partial charge < -0.3 is 10.6 Å². The van der Waals surface area contributed by atoms with Crippen LogP contribution in [0.1, 0.15) is 30.1 Å². The van der Waals surface area contributed by atoms with Crippen LogP contribution in [0.3, 0.4) is 0 Å². The lowest BCUT2D eigenvalue weighted by Gasteiger charge is -2.25. The van der Waals surface area contributed by atoms with Crippen molar-refractivity contribution in [1.29, 1.82) is 0 Å². The van der Waals surface area contributed by atoms with Crippen molar-refractivity contribution in [2.24, 2.45) is 5.92 Å². The molecule has 0 aliphatic heterocycles. The molecule has 1 aromatic heterocycles. The minimum absolute atomic E-state index is 0.0595. The van der Waals surface area contributed by atoms with Crippen molar-refractivity contribution >= 4 is 27.7 Å². The van der Waals surface area contributed by atoms with Gasteiger partial charge in [-0.3, -0.25) is 4.79 Å². The second-order valence-corrected chi connectivity index (χ2v) is 5.50. The number of rotatable bonds is 3. The maximum Gasteiger partial charge on any atom is 0.257 e. The fraction of sp³-hybridized carbons (Fsp3) is 0.500. The van der Waals surface area contributed by atoms with Crippen LogP contribution in [-0.2, 0) is 0 Å². The molecule has 4 nitrogen and oxygen atoms in total. The number of aromatic nitrogens is 1. The van der Waals surface area contributed by atoms with Crippen molar-refractivity contribution in [1.82, 2.24) is 9.88 Å². The molecule has 1 atom stereocenters. The third-order valence-corrected chi connectivity index (χ3v) is 3.78. The molecule has 2 N–H and O–H groups in total. The van der Waals surface area contributed by atoms with E-state index in [1.54, 1.807) is 17.2 Å². The molecular weight excluding hydrogens is 282 g/mol. The van der Waals surface area contributed by atoms with Gasteiger partial charge in [0.15, 0.2) is 0 Å². The molecule has 0 spiro atoms. The van der Waals surface area contributed by atoms with E-state index in [2.05, 4.69) is 27.8 Å². The number of nitrogens with zero attached hydrogens (tertiary/aromatic N) is 2. The zero-order valence-corrected chi connectivity index (χ0v) is 11.6. The van der Waals surface area contributed by atoms with Gasteiger partial charge in [0.25, 0.3) is 5.91 Å². The van der Waals surface area contributed by atoms with Gasteiger partial charge >= 0.3 is 0 Å². The highest BCUT2D eigenvalue weighted by molar-refractivity contribution is 9.10. The Kier molecular flexibility index (Phi) is 3.38. The third-order valence-electron chi connectivity index (χ3n) is 3.35. The molecule has 17 heavy (non-hydrogen) atoms. The number of carbonyl (C=O) groups excluding carboxylic acids is 1. The average molecular weight is 298 g/mol. The van der Waals surface area contributed by atoms with Crippen molar-refractivity contribution in [3.63, 3.8) is 0 Å². The lowest BCUT2D eigenvalue weighted by molar-refractivity contribution is 0.0728. The van der Waals surface area contributed by atoms with Crippen LogP contribution in [0.5, 0.6) is 0 Å². The summed E-state index contributed by atoms with van der Waals surface area (Å²) in [4.78, 5) is 18.0. The minimum atomic E-state index is -0.0595. The van der Waals surface area contributed by atoms with Crippen molar-refractivity contribution < 1.29 is 4.79 Å². The molecule has 0 saturated heterocycles. The summed E-state index contributed by atoms with van der Waals surface area (Å²) in [5.41, 5.74) is 6.21. The summed E-state index contributed by atoms with van der Waals surface area (Å²) in [6.45, 7) is 2.08. The van der Waals surface area contributed by atoms with Gasteiger partial charge in [0.1, 0.15) is 5.82 Å². The fourth-order valence-electron chi connectivity index (χ4n) is 1.89. The molecule has 2 rings (SSSR count). The van der Waals surface area contributed by atoms with Crippen LogP contribution in [0, 0.1) is 5.92 Å². The first-order valence-corrected chi connectivity index (χ1v) is 6.48. The molecule has 0 aromatic carbocycles. The van der Waals surface area contributed by atoms with Crippen molar-refractivity contribution in [2.45, 2.75) is 25.8 Å². The summed E-state index contributed by atoms with van der Waals surface area (Å²) in [5.74, 6) is 0.869. The maximum absolute atomic E-state index is 12.3. The van der Waals surface area contributed by atoms with E-state index in [0.717, 1.165) is 4.47 Å². The smallest absolute Gasteiger partial charge is 0.257 e. The van der Waals surface area contributed by atoms with Crippen molar-refractivity contribution in [3.05, 3.63) is 22.3 Å². The number of hydrogen-bond acceptors (Lipinski definition) is 3. The Balaban J connectivity index is 2.20. The summed E-state index contributed by atoms with van der Waals surface area (Å²) in [5, 5.41) is 0. The summed E-state index contributed by atoms with van der Waals surface area (Å²) in [7, 11) is 1.83. The molecule has 1 heterocycles. The first-order chi connectivity index (χ1) is 8.00. The third kappa shape index (κ3) is 2.60. The summed E-state index contributed by atoms with van der Waals surface area (Å²) < 4.78 is 0.766. The van der Waals surface area contributed by atoms with Gasteiger partial charge in [-0.2, -0.15) is 0 Å². The Morgan fingerprint density at radius 1 is 1.65 bits per heavy atom. The van der Waals surface area contributed by atoms with E-state index in [1.165, 1.54) is 12.8 Å². The Bertz CT molecular complexity index is 445. The number of anilines is 1. The largest absolute Gasteiger partial charge is 0.383 e. The van der Waals surface area contributed by atoms with E-state index in [0.29, 0.717) is 11.5 Å². The van der Waals surface area contributed by atoms with Gasteiger partial charge in [0.2, 0.25) is 0 Å². The van der Waals surface area contributed by atoms with Crippen LogP contribution in [-0.4, -0.2) is 28.9 Å². The highest BCUT2D eigenvalue weighted by atomic mass is 79.9. The molecule has 0 radical (unpaired) electrons. The first-order valence-electron chi connectivity index (χ1n) is 5.69. The van der Waals surface area contributed by atoms with Gasteiger partial charge in [-0.1, -0.05) is 0 Å². The molecule has 1 saturated carbocycles. The van der Waals surface area contributed by atoms with E-state index < -0.39 is 0 Å². The van der Waals surface area contributed by atoms with Gasteiger partial charge in [-0.25, -0.2) is 4.98 Å². The van der Waals surface area contributed by atoms with E-state index >= 15 is 0 Å². The van der Waals surface area contributed by atoms with Crippen molar-refractivity contribution in [3.8, 4) is 0 Å². The number of carbonyl (C=O) groups is 1. The molecule has 1 aliphatic rings. The van der Waals surface area contributed by atoms with Gasteiger partial charge in [-0.05, 0) is 47.7 Å². The Hall–Kier alpha value is -1.10.